The van der Waals surface area contributed by atoms with E-state index >= 15 is 0 Å². The molecule has 2 aromatic heterocycles. The molecule has 1 aliphatic rings. The number of nitrogens with two attached hydrogens (primary N) is 1. The minimum absolute atomic E-state index is 0.0731. The van der Waals surface area contributed by atoms with Crippen molar-refractivity contribution in [2.24, 2.45) is 5.92 Å². The standard InChI is InChI=1S/C17H26N5O5P/c1-2-3-7-27-16-20-14(18)13-15(21-16)22(17(23)19-13)9-11-5-4-6-12(8-11)10-28(24,25)26/h10-11H,2-9H2,1H3,(H,19,23)(H2,18,20,21)(H2,24,25,26)/b12-10+. The summed E-state index contributed by atoms with van der Waals surface area (Å²) in [5.41, 5.74) is 7.10. The number of aromatic amines is 1. The van der Waals surface area contributed by atoms with Crippen molar-refractivity contribution in [1.82, 2.24) is 19.5 Å². The van der Waals surface area contributed by atoms with Crippen LogP contribution in [0.5, 0.6) is 6.01 Å². The SMILES string of the molecule is CCCCOc1nc(N)c2[nH]c(=O)n(CC3CCC/C(=C\P(=O)(O)O)C3)c2n1. The summed E-state index contributed by atoms with van der Waals surface area (Å²) < 4.78 is 18.3. The number of hydrogen-bond donors (Lipinski definition) is 4. The maximum atomic E-state index is 12.5. The van der Waals surface area contributed by atoms with Crippen molar-refractivity contribution < 1.29 is 19.1 Å². The molecule has 0 saturated heterocycles. The van der Waals surface area contributed by atoms with E-state index in [-0.39, 0.29) is 23.4 Å². The zero-order chi connectivity index (χ0) is 20.3. The Hall–Kier alpha value is -2.16. The number of nitrogens with zero attached hydrogens (tertiary/aromatic N) is 3. The van der Waals surface area contributed by atoms with E-state index in [9.17, 15) is 19.1 Å². The second kappa shape index (κ2) is 8.46. The normalized spacial score (nSPS) is 19.4. The van der Waals surface area contributed by atoms with Gasteiger partial charge in [-0.2, -0.15) is 9.97 Å². The van der Waals surface area contributed by atoms with Gasteiger partial charge in [0.15, 0.2) is 11.5 Å². The topological polar surface area (TPSA) is 156 Å². The van der Waals surface area contributed by atoms with E-state index in [4.69, 9.17) is 10.5 Å². The van der Waals surface area contributed by atoms with Crippen molar-refractivity contribution in [1.29, 1.82) is 0 Å². The van der Waals surface area contributed by atoms with Gasteiger partial charge in [0.1, 0.15) is 5.52 Å². The molecule has 0 radical (unpaired) electrons. The average Bonchev–Trinajstić information content (AvgIpc) is 2.91. The maximum absolute atomic E-state index is 12.5. The fraction of sp³-hybridized carbons (Fsp3) is 0.588. The smallest absolute Gasteiger partial charge is 0.349 e. The highest BCUT2D eigenvalue weighted by Gasteiger charge is 2.23. The van der Waals surface area contributed by atoms with Crippen molar-refractivity contribution in [3.8, 4) is 6.01 Å². The summed E-state index contributed by atoms with van der Waals surface area (Å²) >= 11 is 0. The Bertz CT molecular complexity index is 976. The minimum atomic E-state index is -4.20. The Morgan fingerprint density at radius 3 is 2.93 bits per heavy atom. The van der Waals surface area contributed by atoms with Gasteiger partial charge >= 0.3 is 19.3 Å². The Kier molecular flexibility index (Phi) is 6.22. The molecule has 2 heterocycles. The maximum Gasteiger partial charge on any atom is 0.349 e. The first-order valence-corrected chi connectivity index (χ1v) is 11.1. The van der Waals surface area contributed by atoms with Gasteiger partial charge in [-0.15, -0.1) is 0 Å². The molecule has 5 N–H and O–H groups in total. The van der Waals surface area contributed by atoms with Crippen molar-refractivity contribution >= 4 is 24.6 Å². The van der Waals surface area contributed by atoms with Crippen LogP contribution in [0.3, 0.4) is 0 Å². The summed E-state index contributed by atoms with van der Waals surface area (Å²) in [4.78, 5) is 41.9. The number of H-pyrrole nitrogens is 1. The third-order valence-corrected chi connectivity index (χ3v) is 5.51. The zero-order valence-corrected chi connectivity index (χ0v) is 16.7. The van der Waals surface area contributed by atoms with Gasteiger partial charge in [-0.3, -0.25) is 9.13 Å². The third-order valence-electron chi connectivity index (χ3n) is 4.81. The lowest BCUT2D eigenvalue weighted by atomic mass is 9.86. The summed E-state index contributed by atoms with van der Waals surface area (Å²) in [7, 11) is -4.20. The van der Waals surface area contributed by atoms with Gasteiger partial charge in [-0.1, -0.05) is 18.9 Å². The lowest BCUT2D eigenvalue weighted by molar-refractivity contribution is 0.286. The zero-order valence-electron chi connectivity index (χ0n) is 15.8. The van der Waals surface area contributed by atoms with Crippen molar-refractivity contribution in [3.05, 3.63) is 21.9 Å². The molecule has 2 aromatic rings. The number of fused-ring (bicyclic) bond motifs is 1. The quantitative estimate of drug-likeness (QED) is 0.399. The summed E-state index contributed by atoms with van der Waals surface area (Å²) in [5.74, 6) is 1.28. The molecule has 0 amide bonds. The predicted octanol–water partition coefficient (Wildman–Crippen LogP) is 2.13. The first kappa shape index (κ1) is 20.6. The fourth-order valence-corrected chi connectivity index (χ4v) is 4.24. The highest BCUT2D eigenvalue weighted by molar-refractivity contribution is 7.55. The number of aromatic nitrogens is 4. The summed E-state index contributed by atoms with van der Waals surface area (Å²) in [5, 5.41) is 0. The van der Waals surface area contributed by atoms with Crippen molar-refractivity contribution in [2.75, 3.05) is 12.3 Å². The van der Waals surface area contributed by atoms with Gasteiger partial charge in [0, 0.05) is 12.4 Å². The first-order valence-electron chi connectivity index (χ1n) is 9.41. The largest absolute Gasteiger partial charge is 0.463 e. The molecule has 0 bridgehead atoms. The highest BCUT2D eigenvalue weighted by atomic mass is 31.2. The Morgan fingerprint density at radius 1 is 1.43 bits per heavy atom. The molecule has 1 aliphatic carbocycles. The van der Waals surface area contributed by atoms with Crippen LogP contribution in [-0.4, -0.2) is 35.9 Å². The Balaban J connectivity index is 1.86. The molecule has 154 valence electrons. The lowest BCUT2D eigenvalue weighted by Crippen LogP contribution is -2.24. The van der Waals surface area contributed by atoms with E-state index in [1.54, 1.807) is 0 Å². The van der Waals surface area contributed by atoms with Crippen LogP contribution in [0.2, 0.25) is 0 Å². The van der Waals surface area contributed by atoms with Crippen LogP contribution in [0, 0.1) is 5.92 Å². The van der Waals surface area contributed by atoms with E-state index in [0.717, 1.165) is 37.1 Å². The molecule has 1 unspecified atom stereocenters. The molecule has 0 spiro atoms. The van der Waals surface area contributed by atoms with Crippen LogP contribution in [0.4, 0.5) is 5.82 Å². The molecule has 28 heavy (non-hydrogen) atoms. The first-order chi connectivity index (χ1) is 13.3. The van der Waals surface area contributed by atoms with Crippen LogP contribution in [-0.2, 0) is 11.1 Å². The molecule has 0 aliphatic heterocycles. The third kappa shape index (κ3) is 5.01. The molecule has 3 rings (SSSR count). The molecular weight excluding hydrogens is 385 g/mol. The van der Waals surface area contributed by atoms with E-state index in [2.05, 4.69) is 15.0 Å². The number of hydrogen-bond acceptors (Lipinski definition) is 6. The number of anilines is 1. The van der Waals surface area contributed by atoms with Crippen LogP contribution < -0.4 is 16.2 Å². The number of unbranched alkanes of at least 4 members (excludes halogenated alkanes) is 1. The summed E-state index contributed by atoms with van der Waals surface area (Å²) in [6, 6.07) is 0.136. The van der Waals surface area contributed by atoms with Crippen molar-refractivity contribution in [2.45, 2.75) is 52.0 Å². The van der Waals surface area contributed by atoms with Gasteiger partial charge in [0.05, 0.1) is 6.61 Å². The molecule has 1 fully saturated rings. The number of nitrogens with one attached hydrogen (secondary N) is 1. The number of rotatable bonds is 7. The van der Waals surface area contributed by atoms with Crippen LogP contribution in [0.1, 0.15) is 45.4 Å². The average molecular weight is 411 g/mol. The van der Waals surface area contributed by atoms with E-state index in [0.29, 0.717) is 37.2 Å². The van der Waals surface area contributed by atoms with E-state index in [1.165, 1.54) is 4.57 Å². The number of ether oxygens (including phenoxy) is 1. The number of allylic oxidation sites excluding steroid dienone is 1. The fourth-order valence-electron chi connectivity index (χ4n) is 3.53. The Morgan fingerprint density at radius 2 is 2.21 bits per heavy atom. The van der Waals surface area contributed by atoms with Crippen molar-refractivity contribution in [3.63, 3.8) is 0 Å². The van der Waals surface area contributed by atoms with Gasteiger partial charge in [0.2, 0.25) is 0 Å². The Labute approximate surface area is 162 Å². The van der Waals surface area contributed by atoms with Crippen LogP contribution in [0.25, 0.3) is 11.2 Å². The molecular formula is C17H26N5O5P. The number of nitrogen functional groups attached to an aromatic ring is 1. The van der Waals surface area contributed by atoms with Crippen LogP contribution >= 0.6 is 7.60 Å². The molecule has 0 aromatic carbocycles. The molecule has 11 heteroatoms. The number of imidazole rings is 1. The monoisotopic (exact) mass is 411 g/mol. The van der Waals surface area contributed by atoms with Gasteiger partial charge < -0.3 is 25.2 Å². The predicted molar refractivity (Wildman–Crippen MR) is 105 cm³/mol. The minimum Gasteiger partial charge on any atom is -0.463 e. The van der Waals surface area contributed by atoms with Gasteiger partial charge in [0.25, 0.3) is 0 Å². The molecule has 1 saturated carbocycles. The summed E-state index contributed by atoms with van der Waals surface area (Å²) in [6.07, 6.45) is 4.70. The second-order valence-electron chi connectivity index (χ2n) is 7.17. The van der Waals surface area contributed by atoms with E-state index < -0.39 is 7.60 Å². The van der Waals surface area contributed by atoms with Gasteiger partial charge in [-0.05, 0) is 38.0 Å². The lowest BCUT2D eigenvalue weighted by Gasteiger charge is -2.24. The highest BCUT2D eigenvalue weighted by Crippen LogP contribution is 2.42. The molecule has 10 nitrogen and oxygen atoms in total. The summed E-state index contributed by atoms with van der Waals surface area (Å²) in [6.45, 7) is 2.89. The van der Waals surface area contributed by atoms with Gasteiger partial charge in [-0.25, -0.2) is 4.79 Å². The second-order valence-corrected chi connectivity index (χ2v) is 8.61. The van der Waals surface area contributed by atoms with E-state index in [1.807, 2.05) is 6.92 Å². The molecule has 1 atom stereocenters. The van der Waals surface area contributed by atoms with Crippen LogP contribution in [0.15, 0.2) is 16.2 Å².